The van der Waals surface area contributed by atoms with Gasteiger partial charge in [0.15, 0.2) is 11.5 Å². The summed E-state index contributed by atoms with van der Waals surface area (Å²) in [7, 11) is 0. The van der Waals surface area contributed by atoms with E-state index in [1.54, 1.807) is 18.2 Å². The molecule has 31 heavy (non-hydrogen) atoms. The minimum absolute atomic E-state index is 0.0685. The number of fused-ring (bicyclic) bond motifs is 1. The fourth-order valence-corrected chi connectivity index (χ4v) is 4.17. The van der Waals surface area contributed by atoms with Crippen molar-refractivity contribution in [1.82, 2.24) is 9.80 Å². The van der Waals surface area contributed by atoms with Crippen molar-refractivity contribution in [2.45, 2.75) is 19.4 Å². The van der Waals surface area contributed by atoms with Gasteiger partial charge in [-0.25, -0.2) is 0 Å². The molecule has 0 radical (unpaired) electrons. The lowest BCUT2D eigenvalue weighted by Crippen LogP contribution is -2.34. The first-order valence-corrected chi connectivity index (χ1v) is 10.0. The van der Waals surface area contributed by atoms with E-state index in [0.29, 0.717) is 41.4 Å². The maximum Gasteiger partial charge on any atom is 0.278 e. The Morgan fingerprint density at radius 1 is 0.935 bits per heavy atom. The van der Waals surface area contributed by atoms with E-state index in [4.69, 9.17) is 9.47 Å². The summed E-state index contributed by atoms with van der Waals surface area (Å²) < 4.78 is 10.7. The molecule has 2 amide bonds. The SMILES string of the molecule is O=C1C(c2ccc([N+](=O)[O-])cc2)=C(N2CCCC2)C(=O)N1Cc1ccc2c(c1)OCO2. The summed E-state index contributed by atoms with van der Waals surface area (Å²) in [5.41, 5.74) is 1.84. The Balaban J connectivity index is 1.50. The number of benzene rings is 2. The molecule has 9 nitrogen and oxygen atoms in total. The highest BCUT2D eigenvalue weighted by atomic mass is 16.7. The van der Waals surface area contributed by atoms with Crippen LogP contribution in [0.3, 0.4) is 0 Å². The number of ether oxygens (including phenoxy) is 2. The van der Waals surface area contributed by atoms with Crippen molar-refractivity contribution in [3.63, 3.8) is 0 Å². The zero-order chi connectivity index (χ0) is 21.5. The quantitative estimate of drug-likeness (QED) is 0.415. The molecule has 0 unspecified atom stereocenters. The largest absolute Gasteiger partial charge is 0.454 e. The van der Waals surface area contributed by atoms with Gasteiger partial charge < -0.3 is 14.4 Å². The number of amides is 2. The van der Waals surface area contributed by atoms with Gasteiger partial charge in [0.1, 0.15) is 5.70 Å². The first-order chi connectivity index (χ1) is 15.0. The first kappa shape index (κ1) is 19.1. The van der Waals surface area contributed by atoms with E-state index < -0.39 is 10.8 Å². The van der Waals surface area contributed by atoms with Crippen molar-refractivity contribution >= 4 is 23.1 Å². The number of carbonyl (C=O) groups excluding carboxylic acids is 2. The molecular formula is C22H19N3O6. The van der Waals surface area contributed by atoms with Crippen molar-refractivity contribution < 1.29 is 24.0 Å². The number of nitro groups is 1. The molecule has 158 valence electrons. The van der Waals surface area contributed by atoms with E-state index in [2.05, 4.69) is 0 Å². The maximum atomic E-state index is 13.4. The van der Waals surface area contributed by atoms with E-state index in [0.717, 1.165) is 18.4 Å². The first-order valence-electron chi connectivity index (χ1n) is 10.0. The van der Waals surface area contributed by atoms with Gasteiger partial charge in [-0.2, -0.15) is 0 Å². The fraction of sp³-hybridized carbons (Fsp3) is 0.273. The minimum Gasteiger partial charge on any atom is -0.454 e. The summed E-state index contributed by atoms with van der Waals surface area (Å²) in [6.07, 6.45) is 1.89. The number of hydrogen-bond acceptors (Lipinski definition) is 7. The predicted octanol–water partition coefficient (Wildman–Crippen LogP) is 2.70. The number of non-ortho nitro benzene ring substituents is 1. The van der Waals surface area contributed by atoms with Crippen LogP contribution in [0.25, 0.3) is 5.57 Å². The Hall–Kier alpha value is -3.88. The lowest BCUT2D eigenvalue weighted by molar-refractivity contribution is -0.384. The number of hydrogen-bond donors (Lipinski definition) is 0. The van der Waals surface area contributed by atoms with Crippen LogP contribution in [-0.2, 0) is 16.1 Å². The van der Waals surface area contributed by atoms with E-state index in [1.165, 1.54) is 29.2 Å². The highest BCUT2D eigenvalue weighted by molar-refractivity contribution is 6.35. The molecule has 1 fully saturated rings. The summed E-state index contributed by atoms with van der Waals surface area (Å²) in [5.74, 6) is 0.460. The normalized spacial score (nSPS) is 17.8. The second-order valence-electron chi connectivity index (χ2n) is 7.61. The third-order valence-corrected chi connectivity index (χ3v) is 5.71. The second kappa shape index (κ2) is 7.42. The number of imide groups is 1. The van der Waals surface area contributed by atoms with E-state index in [9.17, 15) is 19.7 Å². The molecule has 0 spiro atoms. The van der Waals surface area contributed by atoms with Crippen molar-refractivity contribution in [3.05, 3.63) is 69.4 Å². The number of likely N-dealkylation sites (tertiary alicyclic amines) is 1. The molecular weight excluding hydrogens is 402 g/mol. The zero-order valence-electron chi connectivity index (χ0n) is 16.6. The van der Waals surface area contributed by atoms with Crippen LogP contribution in [-0.4, -0.2) is 46.4 Å². The van der Waals surface area contributed by atoms with Crippen molar-refractivity contribution in [2.75, 3.05) is 19.9 Å². The molecule has 3 aliphatic heterocycles. The van der Waals surface area contributed by atoms with Gasteiger partial charge in [-0.1, -0.05) is 6.07 Å². The van der Waals surface area contributed by atoms with Gasteiger partial charge in [-0.05, 0) is 48.2 Å². The molecule has 9 heteroatoms. The van der Waals surface area contributed by atoms with E-state index in [1.807, 2.05) is 4.90 Å². The van der Waals surface area contributed by atoms with Gasteiger partial charge in [0.2, 0.25) is 6.79 Å². The summed E-state index contributed by atoms with van der Waals surface area (Å²) >= 11 is 0. The highest BCUT2D eigenvalue weighted by Crippen LogP contribution is 2.37. The third-order valence-electron chi connectivity index (χ3n) is 5.71. The average molecular weight is 421 g/mol. The van der Waals surface area contributed by atoms with Crippen LogP contribution >= 0.6 is 0 Å². The standard InChI is InChI=1S/C22H19N3O6/c26-21-19(15-4-6-16(7-5-15)25(28)29)20(23-9-1-2-10-23)22(27)24(21)12-14-3-8-17-18(11-14)31-13-30-17/h3-8,11H,1-2,9-10,12-13H2. The fourth-order valence-electron chi connectivity index (χ4n) is 4.17. The second-order valence-corrected chi connectivity index (χ2v) is 7.61. The topological polar surface area (TPSA) is 102 Å². The monoisotopic (exact) mass is 421 g/mol. The smallest absolute Gasteiger partial charge is 0.278 e. The molecule has 0 saturated carbocycles. The number of rotatable bonds is 5. The Kier molecular flexibility index (Phi) is 4.58. The van der Waals surface area contributed by atoms with E-state index in [-0.39, 0.29) is 24.9 Å². The molecule has 0 bridgehead atoms. The molecule has 3 heterocycles. The Morgan fingerprint density at radius 3 is 2.35 bits per heavy atom. The summed E-state index contributed by atoms with van der Waals surface area (Å²) in [6.45, 7) is 1.64. The van der Waals surface area contributed by atoms with Gasteiger partial charge >= 0.3 is 0 Å². The number of nitro benzene ring substituents is 1. The summed E-state index contributed by atoms with van der Waals surface area (Å²) in [6, 6.07) is 11.1. The molecule has 0 atom stereocenters. The number of nitrogens with zero attached hydrogens (tertiary/aromatic N) is 3. The van der Waals surface area contributed by atoms with Crippen molar-refractivity contribution in [1.29, 1.82) is 0 Å². The van der Waals surface area contributed by atoms with Gasteiger partial charge in [0.25, 0.3) is 17.5 Å². The lowest BCUT2D eigenvalue weighted by atomic mass is 10.0. The molecule has 5 rings (SSSR count). The maximum absolute atomic E-state index is 13.4. The minimum atomic E-state index is -0.493. The van der Waals surface area contributed by atoms with Gasteiger partial charge in [0.05, 0.1) is 17.0 Å². The Morgan fingerprint density at radius 2 is 1.65 bits per heavy atom. The Labute approximate surface area is 177 Å². The van der Waals surface area contributed by atoms with Crippen LogP contribution in [0.5, 0.6) is 11.5 Å². The zero-order valence-corrected chi connectivity index (χ0v) is 16.6. The van der Waals surface area contributed by atoms with Crippen LogP contribution in [0.4, 0.5) is 5.69 Å². The number of carbonyl (C=O) groups is 2. The third kappa shape index (κ3) is 3.27. The molecule has 2 aromatic rings. The van der Waals surface area contributed by atoms with Crippen LogP contribution in [0.15, 0.2) is 48.2 Å². The average Bonchev–Trinajstić information content (AvgIpc) is 3.50. The highest BCUT2D eigenvalue weighted by Gasteiger charge is 2.42. The van der Waals surface area contributed by atoms with Crippen LogP contribution < -0.4 is 9.47 Å². The summed E-state index contributed by atoms with van der Waals surface area (Å²) in [4.78, 5) is 40.4. The van der Waals surface area contributed by atoms with Gasteiger partial charge in [0, 0.05) is 25.2 Å². The predicted molar refractivity (Wildman–Crippen MR) is 109 cm³/mol. The Bertz CT molecular complexity index is 1120. The molecule has 2 aromatic carbocycles. The molecule has 0 aliphatic carbocycles. The van der Waals surface area contributed by atoms with Gasteiger partial charge in [-0.15, -0.1) is 0 Å². The molecule has 1 saturated heterocycles. The van der Waals surface area contributed by atoms with Crippen LogP contribution in [0.1, 0.15) is 24.0 Å². The van der Waals surface area contributed by atoms with Crippen LogP contribution in [0, 0.1) is 10.1 Å². The molecule has 0 aromatic heterocycles. The molecule has 3 aliphatic rings. The van der Waals surface area contributed by atoms with Crippen molar-refractivity contribution in [2.24, 2.45) is 0 Å². The lowest BCUT2D eigenvalue weighted by Gasteiger charge is -2.20. The van der Waals surface area contributed by atoms with Crippen molar-refractivity contribution in [3.8, 4) is 11.5 Å². The summed E-state index contributed by atoms with van der Waals surface area (Å²) in [5, 5.41) is 11.0. The van der Waals surface area contributed by atoms with E-state index >= 15 is 0 Å². The van der Waals surface area contributed by atoms with Crippen LogP contribution in [0.2, 0.25) is 0 Å². The molecule has 0 N–H and O–H groups in total. The van der Waals surface area contributed by atoms with Gasteiger partial charge in [-0.3, -0.25) is 24.6 Å².